The first-order chi connectivity index (χ1) is 7.53. The smallest absolute Gasteiger partial charge is 0.254 e. The van der Waals surface area contributed by atoms with E-state index in [4.69, 9.17) is 10.5 Å². The van der Waals surface area contributed by atoms with Crippen molar-refractivity contribution in [2.24, 2.45) is 5.73 Å². The van der Waals surface area contributed by atoms with Crippen molar-refractivity contribution in [3.05, 3.63) is 0 Å². The molecule has 0 bridgehead atoms. The molecule has 0 aromatic carbocycles. The molecular formula is C10H16N2O4. The van der Waals surface area contributed by atoms with Gasteiger partial charge in [-0.3, -0.25) is 9.59 Å². The van der Waals surface area contributed by atoms with E-state index >= 15 is 0 Å². The fourth-order valence-electron chi connectivity index (χ4n) is 2.03. The van der Waals surface area contributed by atoms with Crippen LogP contribution in [0.25, 0.3) is 0 Å². The van der Waals surface area contributed by atoms with Gasteiger partial charge >= 0.3 is 0 Å². The van der Waals surface area contributed by atoms with Gasteiger partial charge in [0, 0.05) is 6.54 Å². The summed E-state index contributed by atoms with van der Waals surface area (Å²) in [4.78, 5) is 24.4. The highest BCUT2D eigenvalue weighted by Gasteiger charge is 2.45. The standard InChI is InChI=1S/C10H16N2O4/c11-8(13)7-6-12(4-5-16-7)9(14)10(15)2-1-3-10/h7,15H,1-6H2,(H2,11,13). The van der Waals surface area contributed by atoms with Crippen molar-refractivity contribution in [2.45, 2.75) is 31.0 Å². The summed E-state index contributed by atoms with van der Waals surface area (Å²) in [5.41, 5.74) is 3.91. The van der Waals surface area contributed by atoms with Gasteiger partial charge in [0.1, 0.15) is 5.60 Å². The van der Waals surface area contributed by atoms with Crippen LogP contribution in [0.3, 0.4) is 0 Å². The third-order valence-electron chi connectivity index (χ3n) is 3.25. The van der Waals surface area contributed by atoms with Gasteiger partial charge in [0.15, 0.2) is 6.10 Å². The third kappa shape index (κ3) is 1.90. The summed E-state index contributed by atoms with van der Waals surface area (Å²) in [5.74, 6) is -0.869. The summed E-state index contributed by atoms with van der Waals surface area (Å²) >= 11 is 0. The zero-order chi connectivity index (χ0) is 11.8. The Morgan fingerprint density at radius 1 is 1.44 bits per heavy atom. The molecule has 16 heavy (non-hydrogen) atoms. The zero-order valence-electron chi connectivity index (χ0n) is 9.02. The minimum absolute atomic E-state index is 0.149. The molecular weight excluding hydrogens is 212 g/mol. The van der Waals surface area contributed by atoms with Gasteiger partial charge in [0.25, 0.3) is 5.91 Å². The molecule has 1 unspecified atom stereocenters. The maximum Gasteiger partial charge on any atom is 0.254 e. The summed E-state index contributed by atoms with van der Waals surface area (Å²) in [6.45, 7) is 0.844. The van der Waals surface area contributed by atoms with Crippen LogP contribution in [0.15, 0.2) is 0 Å². The number of hydrogen-bond acceptors (Lipinski definition) is 4. The minimum atomic E-state index is -1.21. The molecule has 2 aliphatic rings. The second kappa shape index (κ2) is 4.03. The molecule has 1 saturated carbocycles. The summed E-state index contributed by atoms with van der Waals surface area (Å²) in [7, 11) is 0. The van der Waals surface area contributed by atoms with Crippen molar-refractivity contribution in [1.29, 1.82) is 0 Å². The van der Waals surface area contributed by atoms with Crippen LogP contribution in [0.2, 0.25) is 0 Å². The summed E-state index contributed by atoms with van der Waals surface area (Å²) < 4.78 is 5.13. The molecule has 1 heterocycles. The summed E-state index contributed by atoms with van der Waals surface area (Å²) in [6, 6.07) is 0. The largest absolute Gasteiger partial charge is 0.380 e. The quantitative estimate of drug-likeness (QED) is 0.609. The van der Waals surface area contributed by atoms with Gasteiger partial charge in [-0.15, -0.1) is 0 Å². The van der Waals surface area contributed by atoms with E-state index in [1.54, 1.807) is 0 Å². The number of carbonyl (C=O) groups excluding carboxylic acids is 2. The number of morpholine rings is 1. The Labute approximate surface area is 93.3 Å². The van der Waals surface area contributed by atoms with Crippen LogP contribution in [0.4, 0.5) is 0 Å². The van der Waals surface area contributed by atoms with E-state index in [0.717, 1.165) is 6.42 Å². The molecule has 2 amide bonds. The number of carbonyl (C=O) groups is 2. The molecule has 1 aliphatic heterocycles. The number of ether oxygens (including phenoxy) is 1. The van der Waals surface area contributed by atoms with E-state index in [1.165, 1.54) is 4.90 Å². The molecule has 1 aliphatic carbocycles. The highest BCUT2D eigenvalue weighted by Crippen LogP contribution is 2.33. The first kappa shape index (κ1) is 11.3. The molecule has 2 fully saturated rings. The monoisotopic (exact) mass is 228 g/mol. The maximum absolute atomic E-state index is 11.9. The highest BCUT2D eigenvalue weighted by molar-refractivity contribution is 5.87. The van der Waals surface area contributed by atoms with Crippen LogP contribution in [0.1, 0.15) is 19.3 Å². The van der Waals surface area contributed by atoms with Crippen LogP contribution in [0.5, 0.6) is 0 Å². The number of aliphatic hydroxyl groups is 1. The van der Waals surface area contributed by atoms with Gasteiger partial charge in [-0.1, -0.05) is 0 Å². The number of rotatable bonds is 2. The molecule has 0 radical (unpaired) electrons. The van der Waals surface area contributed by atoms with Gasteiger partial charge in [0.05, 0.1) is 13.2 Å². The van der Waals surface area contributed by atoms with Crippen molar-refractivity contribution in [2.75, 3.05) is 19.7 Å². The topological polar surface area (TPSA) is 92.9 Å². The average Bonchev–Trinajstić information content (AvgIpc) is 2.25. The molecule has 2 rings (SSSR count). The Morgan fingerprint density at radius 2 is 2.12 bits per heavy atom. The maximum atomic E-state index is 11.9. The minimum Gasteiger partial charge on any atom is -0.380 e. The first-order valence-corrected chi connectivity index (χ1v) is 5.46. The molecule has 0 aromatic heterocycles. The Kier molecular flexibility index (Phi) is 2.86. The molecule has 1 saturated heterocycles. The lowest BCUT2D eigenvalue weighted by molar-refractivity contribution is -0.168. The molecule has 0 spiro atoms. The number of nitrogens with two attached hydrogens (primary N) is 1. The Morgan fingerprint density at radius 3 is 2.62 bits per heavy atom. The highest BCUT2D eigenvalue weighted by atomic mass is 16.5. The average molecular weight is 228 g/mol. The van der Waals surface area contributed by atoms with Crippen LogP contribution in [0, 0.1) is 0 Å². The van der Waals surface area contributed by atoms with Gasteiger partial charge in [-0.2, -0.15) is 0 Å². The number of hydrogen-bond donors (Lipinski definition) is 2. The fraction of sp³-hybridized carbons (Fsp3) is 0.800. The van der Waals surface area contributed by atoms with Crippen molar-refractivity contribution >= 4 is 11.8 Å². The van der Waals surface area contributed by atoms with Gasteiger partial charge < -0.3 is 20.5 Å². The van der Waals surface area contributed by atoms with Crippen molar-refractivity contribution in [3.8, 4) is 0 Å². The molecule has 6 nitrogen and oxygen atoms in total. The lowest BCUT2D eigenvalue weighted by Gasteiger charge is -2.41. The molecule has 1 atom stereocenters. The zero-order valence-corrected chi connectivity index (χ0v) is 9.02. The molecule has 0 aromatic rings. The Bertz CT molecular complexity index is 314. The third-order valence-corrected chi connectivity index (χ3v) is 3.25. The molecule has 3 N–H and O–H groups in total. The number of primary amides is 1. The van der Waals surface area contributed by atoms with Gasteiger partial charge in [0.2, 0.25) is 5.91 Å². The SMILES string of the molecule is NC(=O)C1CN(C(=O)C2(O)CCC2)CCO1. The fourth-order valence-corrected chi connectivity index (χ4v) is 2.03. The van der Waals surface area contributed by atoms with Crippen LogP contribution >= 0.6 is 0 Å². The van der Waals surface area contributed by atoms with Crippen molar-refractivity contribution in [1.82, 2.24) is 4.90 Å². The predicted molar refractivity (Wildman–Crippen MR) is 54.3 cm³/mol. The molecule has 90 valence electrons. The lowest BCUT2D eigenvalue weighted by atomic mass is 9.79. The summed E-state index contributed by atoms with van der Waals surface area (Å²) in [5, 5.41) is 9.91. The predicted octanol–water partition coefficient (Wildman–Crippen LogP) is -1.39. The van der Waals surface area contributed by atoms with E-state index in [1.807, 2.05) is 0 Å². The first-order valence-electron chi connectivity index (χ1n) is 5.46. The van der Waals surface area contributed by atoms with Crippen LogP contribution < -0.4 is 5.73 Å². The Balaban J connectivity index is 1.99. The normalized spacial score (nSPS) is 28.3. The summed E-state index contributed by atoms with van der Waals surface area (Å²) in [6.07, 6.45) is 1.13. The molecule has 6 heteroatoms. The number of nitrogens with zero attached hydrogens (tertiary/aromatic N) is 1. The van der Waals surface area contributed by atoms with E-state index in [9.17, 15) is 14.7 Å². The van der Waals surface area contributed by atoms with Crippen LogP contribution in [-0.4, -0.2) is 53.2 Å². The second-order valence-electron chi connectivity index (χ2n) is 4.40. The van der Waals surface area contributed by atoms with Gasteiger partial charge in [-0.25, -0.2) is 0 Å². The second-order valence-corrected chi connectivity index (χ2v) is 4.40. The van der Waals surface area contributed by atoms with Crippen molar-refractivity contribution < 1.29 is 19.4 Å². The van der Waals surface area contributed by atoms with E-state index in [0.29, 0.717) is 19.4 Å². The number of amides is 2. The van der Waals surface area contributed by atoms with Crippen molar-refractivity contribution in [3.63, 3.8) is 0 Å². The van der Waals surface area contributed by atoms with E-state index in [2.05, 4.69) is 0 Å². The van der Waals surface area contributed by atoms with Crippen LogP contribution in [-0.2, 0) is 14.3 Å². The Hall–Kier alpha value is -1.14. The lowest BCUT2D eigenvalue weighted by Crippen LogP contribution is -2.58. The van der Waals surface area contributed by atoms with Gasteiger partial charge in [-0.05, 0) is 19.3 Å². The van der Waals surface area contributed by atoms with E-state index < -0.39 is 17.6 Å². The van der Waals surface area contributed by atoms with E-state index in [-0.39, 0.29) is 19.1 Å².